The third-order valence-electron chi connectivity index (χ3n) is 5.60. The monoisotopic (exact) mass is 447 g/mol. The Morgan fingerprint density at radius 2 is 1.87 bits per heavy atom. The lowest BCUT2D eigenvalue weighted by Gasteiger charge is -2.22. The SMILES string of the molecule is CC(C)C(OC(=O)C1SC1(N)C(C)C)OC(=O)n1cc(CCN(C)C)c2ccccc21. The highest BCUT2D eigenvalue weighted by Gasteiger charge is 2.60. The summed E-state index contributed by atoms with van der Waals surface area (Å²) in [6.45, 7) is 8.51. The molecule has 1 aromatic heterocycles. The number of para-hydroxylation sites is 1. The summed E-state index contributed by atoms with van der Waals surface area (Å²) in [7, 11) is 4.03. The van der Waals surface area contributed by atoms with E-state index in [-0.39, 0.29) is 11.8 Å². The standard InChI is InChI=1S/C23H33N3O4S/c1-14(2)21(29-20(27)19-23(24,31-19)15(3)4)30-22(28)26-13-16(11-12-25(5)6)17-9-7-8-10-18(17)26/h7-10,13-15,19,21H,11-12,24H2,1-6H3. The summed E-state index contributed by atoms with van der Waals surface area (Å²) in [5, 5.41) is 0.580. The van der Waals surface area contributed by atoms with Crippen molar-refractivity contribution >= 4 is 34.7 Å². The third-order valence-corrected chi connectivity index (χ3v) is 7.28. The van der Waals surface area contributed by atoms with Crippen LogP contribution in [0, 0.1) is 11.8 Å². The molecule has 1 aliphatic heterocycles. The van der Waals surface area contributed by atoms with Crippen molar-refractivity contribution in [3.63, 3.8) is 0 Å². The van der Waals surface area contributed by atoms with Crippen molar-refractivity contribution in [1.82, 2.24) is 9.47 Å². The summed E-state index contributed by atoms with van der Waals surface area (Å²) in [5.74, 6) is -0.489. The molecule has 3 atom stereocenters. The van der Waals surface area contributed by atoms with E-state index in [1.165, 1.54) is 16.3 Å². The zero-order valence-electron chi connectivity index (χ0n) is 19.1. The van der Waals surface area contributed by atoms with Gasteiger partial charge in [-0.25, -0.2) is 4.79 Å². The normalized spacial score (nSPS) is 21.7. The fourth-order valence-corrected chi connectivity index (χ4v) is 4.55. The largest absolute Gasteiger partial charge is 0.424 e. The van der Waals surface area contributed by atoms with Gasteiger partial charge in [-0.15, -0.1) is 11.8 Å². The lowest BCUT2D eigenvalue weighted by atomic mass is 10.0. The van der Waals surface area contributed by atoms with Gasteiger partial charge >= 0.3 is 12.1 Å². The Kier molecular flexibility index (Phi) is 7.03. The highest BCUT2D eigenvalue weighted by Crippen LogP contribution is 2.54. The number of fused-ring (bicyclic) bond motifs is 1. The zero-order valence-corrected chi connectivity index (χ0v) is 19.9. The summed E-state index contributed by atoms with van der Waals surface area (Å²) < 4.78 is 12.7. The van der Waals surface area contributed by atoms with Crippen LogP contribution in [0.3, 0.4) is 0 Å². The Labute approximate surface area is 188 Å². The molecule has 1 aromatic carbocycles. The summed E-state index contributed by atoms with van der Waals surface area (Å²) in [6.07, 6.45) is 1.08. The van der Waals surface area contributed by atoms with Crippen LogP contribution in [0.1, 0.15) is 33.3 Å². The van der Waals surface area contributed by atoms with Crippen LogP contribution in [-0.4, -0.2) is 58.6 Å². The van der Waals surface area contributed by atoms with E-state index in [0.29, 0.717) is 0 Å². The van der Waals surface area contributed by atoms with Crippen LogP contribution in [0.15, 0.2) is 30.5 Å². The van der Waals surface area contributed by atoms with Crippen LogP contribution < -0.4 is 5.73 Å². The molecule has 0 radical (unpaired) electrons. The molecule has 0 aliphatic carbocycles. The van der Waals surface area contributed by atoms with E-state index in [0.717, 1.165) is 29.4 Å². The molecule has 7 nitrogen and oxygen atoms in total. The number of benzene rings is 1. The Hall–Kier alpha value is -2.03. The average Bonchev–Trinajstić information content (AvgIpc) is 3.28. The topological polar surface area (TPSA) is 86.8 Å². The minimum atomic E-state index is -0.982. The lowest BCUT2D eigenvalue weighted by Crippen LogP contribution is -2.39. The number of rotatable bonds is 8. The van der Waals surface area contributed by atoms with Crippen molar-refractivity contribution in [1.29, 1.82) is 0 Å². The first-order valence-electron chi connectivity index (χ1n) is 10.7. The number of esters is 1. The highest BCUT2D eigenvalue weighted by molar-refractivity contribution is 8.09. The predicted molar refractivity (Wildman–Crippen MR) is 124 cm³/mol. The predicted octanol–water partition coefficient (Wildman–Crippen LogP) is 3.68. The summed E-state index contributed by atoms with van der Waals surface area (Å²) in [4.78, 5) is 27.1. The number of carbonyl (C=O) groups excluding carboxylic acids is 2. The summed E-state index contributed by atoms with van der Waals surface area (Å²) >= 11 is 1.39. The van der Waals surface area contributed by atoms with Crippen molar-refractivity contribution in [2.24, 2.45) is 17.6 Å². The molecule has 3 rings (SSSR count). The van der Waals surface area contributed by atoms with E-state index in [4.69, 9.17) is 15.2 Å². The van der Waals surface area contributed by atoms with Gasteiger partial charge in [0.25, 0.3) is 6.29 Å². The third kappa shape index (κ3) is 5.07. The number of hydrogen-bond acceptors (Lipinski definition) is 7. The molecule has 1 aliphatic rings. The van der Waals surface area contributed by atoms with Crippen molar-refractivity contribution in [3.8, 4) is 0 Å². The molecule has 31 heavy (non-hydrogen) atoms. The molecule has 2 aromatic rings. The fourth-order valence-electron chi connectivity index (χ4n) is 3.41. The molecule has 2 heterocycles. The number of nitrogens with two attached hydrogens (primary N) is 1. The molecular weight excluding hydrogens is 414 g/mol. The van der Waals surface area contributed by atoms with Gasteiger partial charge in [-0.3, -0.25) is 9.36 Å². The van der Waals surface area contributed by atoms with E-state index in [1.54, 1.807) is 0 Å². The van der Waals surface area contributed by atoms with E-state index >= 15 is 0 Å². The van der Waals surface area contributed by atoms with Crippen molar-refractivity contribution in [2.75, 3.05) is 20.6 Å². The van der Waals surface area contributed by atoms with Crippen LogP contribution in [0.25, 0.3) is 10.9 Å². The maximum Gasteiger partial charge on any atom is 0.421 e. The smallest absolute Gasteiger partial charge is 0.421 e. The molecule has 2 N–H and O–H groups in total. The number of likely N-dealkylation sites (N-methyl/N-ethyl adjacent to an activating group) is 1. The first kappa shape index (κ1) is 23.6. The summed E-state index contributed by atoms with van der Waals surface area (Å²) in [6, 6.07) is 7.73. The highest BCUT2D eigenvalue weighted by atomic mass is 32.2. The lowest BCUT2D eigenvalue weighted by molar-refractivity contribution is -0.174. The Morgan fingerprint density at radius 1 is 1.19 bits per heavy atom. The quantitative estimate of drug-likeness (QED) is 0.375. The van der Waals surface area contributed by atoms with Gasteiger partial charge in [-0.05, 0) is 38.1 Å². The number of hydrogen-bond donors (Lipinski definition) is 1. The van der Waals surface area contributed by atoms with Crippen molar-refractivity contribution in [2.45, 2.75) is 50.5 Å². The van der Waals surface area contributed by atoms with Gasteiger partial charge in [0.15, 0.2) is 0 Å². The molecule has 0 saturated carbocycles. The molecule has 170 valence electrons. The van der Waals surface area contributed by atoms with E-state index in [2.05, 4.69) is 4.90 Å². The van der Waals surface area contributed by atoms with Crippen molar-refractivity contribution in [3.05, 3.63) is 36.0 Å². The van der Waals surface area contributed by atoms with Crippen LogP contribution in [0.4, 0.5) is 4.79 Å². The second-order valence-electron chi connectivity index (χ2n) is 9.03. The van der Waals surface area contributed by atoms with Gasteiger partial charge in [-0.1, -0.05) is 45.9 Å². The van der Waals surface area contributed by atoms with Gasteiger partial charge in [-0.2, -0.15) is 0 Å². The Morgan fingerprint density at radius 3 is 2.45 bits per heavy atom. The first-order valence-corrected chi connectivity index (χ1v) is 11.5. The number of ether oxygens (including phenoxy) is 2. The number of aromatic nitrogens is 1. The Balaban J connectivity index is 1.75. The van der Waals surface area contributed by atoms with E-state index < -0.39 is 28.5 Å². The minimum Gasteiger partial charge on any atom is -0.424 e. The maximum absolute atomic E-state index is 13.0. The molecule has 1 fully saturated rings. The summed E-state index contributed by atoms with van der Waals surface area (Å²) in [5.41, 5.74) is 8.08. The molecule has 8 heteroatoms. The van der Waals surface area contributed by atoms with E-state index in [1.807, 2.05) is 72.3 Å². The van der Waals surface area contributed by atoms with Crippen LogP contribution in [-0.2, 0) is 20.7 Å². The van der Waals surface area contributed by atoms with Gasteiger partial charge in [0.05, 0.1) is 10.4 Å². The van der Waals surface area contributed by atoms with Gasteiger partial charge < -0.3 is 20.1 Å². The first-order chi connectivity index (χ1) is 14.5. The van der Waals surface area contributed by atoms with Crippen LogP contribution in [0.5, 0.6) is 0 Å². The zero-order chi connectivity index (χ0) is 22.9. The van der Waals surface area contributed by atoms with E-state index in [9.17, 15) is 9.59 Å². The molecule has 0 amide bonds. The van der Waals surface area contributed by atoms with Gasteiger partial charge in [0, 0.05) is 24.0 Å². The fraction of sp³-hybridized carbons (Fsp3) is 0.565. The molecule has 0 bridgehead atoms. The number of thioether (sulfide) groups is 1. The molecule has 0 spiro atoms. The minimum absolute atomic E-state index is 0.141. The molecule has 1 saturated heterocycles. The molecule has 3 unspecified atom stereocenters. The van der Waals surface area contributed by atoms with Gasteiger partial charge in [0.1, 0.15) is 5.25 Å². The Bertz CT molecular complexity index is 955. The van der Waals surface area contributed by atoms with Crippen molar-refractivity contribution < 1.29 is 19.1 Å². The average molecular weight is 448 g/mol. The number of carbonyl (C=O) groups is 2. The van der Waals surface area contributed by atoms with Crippen LogP contribution in [0.2, 0.25) is 0 Å². The van der Waals surface area contributed by atoms with Crippen LogP contribution >= 0.6 is 11.8 Å². The second-order valence-corrected chi connectivity index (χ2v) is 10.4. The van der Waals surface area contributed by atoms with Gasteiger partial charge in [0.2, 0.25) is 0 Å². The maximum atomic E-state index is 13.0. The molecular formula is C23H33N3O4S. The second kappa shape index (κ2) is 9.22. The number of nitrogens with zero attached hydrogens (tertiary/aromatic N) is 2.